The molecular formula is C13H15NO4. The molecule has 0 saturated carbocycles. The van der Waals surface area contributed by atoms with Gasteiger partial charge in [-0.2, -0.15) is 0 Å². The Kier molecular flexibility index (Phi) is 2.98. The fraction of sp³-hybridized carbons (Fsp3) is 0.385. The van der Waals surface area contributed by atoms with E-state index >= 15 is 0 Å². The fourth-order valence-electron chi connectivity index (χ4n) is 2.03. The van der Waals surface area contributed by atoms with E-state index in [1.165, 1.54) is 6.07 Å². The van der Waals surface area contributed by atoms with Crippen molar-refractivity contribution >= 4 is 17.6 Å². The summed E-state index contributed by atoms with van der Waals surface area (Å²) in [5.74, 6) is -1.26. The van der Waals surface area contributed by atoms with Gasteiger partial charge in [-0.15, -0.1) is 0 Å². The van der Waals surface area contributed by atoms with Crippen LogP contribution in [0, 0.1) is 5.92 Å². The lowest BCUT2D eigenvalue weighted by molar-refractivity contribution is -0.147. The minimum Gasteiger partial charge on any atom is -0.506 e. The van der Waals surface area contributed by atoms with E-state index < -0.39 is 11.5 Å². The number of hydrogen-bond donors (Lipinski definition) is 2. The molecule has 5 nitrogen and oxygen atoms in total. The lowest BCUT2D eigenvalue weighted by Crippen LogP contribution is -2.36. The third kappa shape index (κ3) is 2.30. The van der Waals surface area contributed by atoms with Crippen LogP contribution in [0.2, 0.25) is 0 Å². The molecule has 18 heavy (non-hydrogen) atoms. The summed E-state index contributed by atoms with van der Waals surface area (Å²) in [6.45, 7) is 3.40. The Morgan fingerprint density at radius 3 is 2.67 bits per heavy atom. The van der Waals surface area contributed by atoms with Gasteiger partial charge in [0.2, 0.25) is 5.91 Å². The van der Waals surface area contributed by atoms with Gasteiger partial charge in [-0.1, -0.05) is 12.1 Å². The number of phenols is 1. The van der Waals surface area contributed by atoms with Crippen molar-refractivity contribution in [3.05, 3.63) is 24.3 Å². The first-order chi connectivity index (χ1) is 8.40. The van der Waals surface area contributed by atoms with Gasteiger partial charge in [-0.05, 0) is 26.0 Å². The largest absolute Gasteiger partial charge is 0.506 e. The zero-order chi connectivity index (χ0) is 13.3. The second-order valence-corrected chi connectivity index (χ2v) is 4.84. The van der Waals surface area contributed by atoms with E-state index in [4.69, 9.17) is 4.74 Å². The number of cyclic esters (lactones) is 1. The molecule has 0 bridgehead atoms. The van der Waals surface area contributed by atoms with Gasteiger partial charge < -0.3 is 15.2 Å². The van der Waals surface area contributed by atoms with Crippen molar-refractivity contribution in [2.24, 2.45) is 5.92 Å². The lowest BCUT2D eigenvalue weighted by Gasteiger charge is -2.23. The summed E-state index contributed by atoms with van der Waals surface area (Å²) < 4.78 is 5.09. The number of esters is 1. The average Bonchev–Trinajstić information content (AvgIpc) is 2.55. The summed E-state index contributed by atoms with van der Waals surface area (Å²) in [6.07, 6.45) is 0.0619. The second kappa shape index (κ2) is 4.33. The highest BCUT2D eigenvalue weighted by Crippen LogP contribution is 2.34. The van der Waals surface area contributed by atoms with Gasteiger partial charge in [0.15, 0.2) is 0 Å². The van der Waals surface area contributed by atoms with Crippen LogP contribution in [0.4, 0.5) is 5.69 Å². The van der Waals surface area contributed by atoms with Crippen molar-refractivity contribution in [1.82, 2.24) is 0 Å². The molecule has 2 rings (SSSR count). The van der Waals surface area contributed by atoms with Gasteiger partial charge in [0, 0.05) is 0 Å². The molecule has 1 aliphatic heterocycles. The summed E-state index contributed by atoms with van der Waals surface area (Å²) in [5, 5.41) is 12.2. The van der Waals surface area contributed by atoms with Crippen LogP contribution in [-0.4, -0.2) is 22.6 Å². The first kappa shape index (κ1) is 12.4. The van der Waals surface area contributed by atoms with Gasteiger partial charge in [0.1, 0.15) is 11.4 Å². The summed E-state index contributed by atoms with van der Waals surface area (Å²) in [4.78, 5) is 23.3. The minimum absolute atomic E-state index is 0.00565. The Balaban J connectivity index is 2.14. The molecule has 0 unspecified atom stereocenters. The molecular weight excluding hydrogens is 234 g/mol. The number of benzene rings is 1. The summed E-state index contributed by atoms with van der Waals surface area (Å²) in [6, 6.07) is 6.45. The van der Waals surface area contributed by atoms with E-state index in [2.05, 4.69) is 5.32 Å². The molecule has 1 fully saturated rings. The predicted molar refractivity (Wildman–Crippen MR) is 65.0 cm³/mol. The van der Waals surface area contributed by atoms with Crippen LogP contribution >= 0.6 is 0 Å². The SMILES string of the molecule is CC1(C)OC(=O)C[C@H]1C(=O)Nc1ccccc1O. The maximum absolute atomic E-state index is 12.1. The zero-order valence-corrected chi connectivity index (χ0v) is 10.3. The van der Waals surface area contributed by atoms with Crippen LogP contribution in [0.3, 0.4) is 0 Å². The molecule has 1 aliphatic rings. The first-order valence-electron chi connectivity index (χ1n) is 5.71. The van der Waals surface area contributed by atoms with Crippen LogP contribution in [0.5, 0.6) is 5.75 Å². The molecule has 1 amide bonds. The average molecular weight is 249 g/mol. The molecule has 96 valence electrons. The van der Waals surface area contributed by atoms with Crippen LogP contribution < -0.4 is 5.32 Å². The third-order valence-corrected chi connectivity index (χ3v) is 3.07. The van der Waals surface area contributed by atoms with Crippen molar-refractivity contribution in [3.63, 3.8) is 0 Å². The predicted octanol–water partition coefficient (Wildman–Crippen LogP) is 1.67. The van der Waals surface area contributed by atoms with Crippen LogP contribution in [0.15, 0.2) is 24.3 Å². The van der Waals surface area contributed by atoms with Crippen LogP contribution in [-0.2, 0) is 14.3 Å². The van der Waals surface area contributed by atoms with E-state index in [-0.39, 0.29) is 24.0 Å². The van der Waals surface area contributed by atoms with Crippen molar-refractivity contribution in [1.29, 1.82) is 0 Å². The molecule has 2 N–H and O–H groups in total. The van der Waals surface area contributed by atoms with E-state index in [9.17, 15) is 14.7 Å². The molecule has 5 heteroatoms. The molecule has 0 spiro atoms. The number of nitrogens with one attached hydrogen (secondary N) is 1. The number of anilines is 1. The minimum atomic E-state index is -0.814. The van der Waals surface area contributed by atoms with E-state index in [0.29, 0.717) is 5.69 Å². The Labute approximate surface area is 105 Å². The highest BCUT2D eigenvalue weighted by Gasteiger charge is 2.46. The number of amides is 1. The Morgan fingerprint density at radius 2 is 2.11 bits per heavy atom. The van der Waals surface area contributed by atoms with Gasteiger partial charge in [0.25, 0.3) is 0 Å². The van der Waals surface area contributed by atoms with Crippen molar-refractivity contribution in [2.75, 3.05) is 5.32 Å². The fourth-order valence-corrected chi connectivity index (χ4v) is 2.03. The number of ether oxygens (including phenoxy) is 1. The molecule has 0 aliphatic carbocycles. The van der Waals surface area contributed by atoms with Gasteiger partial charge in [-0.25, -0.2) is 0 Å². The zero-order valence-electron chi connectivity index (χ0n) is 10.3. The molecule has 1 heterocycles. The number of para-hydroxylation sites is 2. The van der Waals surface area contributed by atoms with Crippen molar-refractivity contribution in [3.8, 4) is 5.75 Å². The molecule has 0 radical (unpaired) electrons. The quantitative estimate of drug-likeness (QED) is 0.617. The molecule has 1 aromatic carbocycles. The number of aromatic hydroxyl groups is 1. The topological polar surface area (TPSA) is 75.6 Å². The van der Waals surface area contributed by atoms with E-state index in [1.54, 1.807) is 32.0 Å². The summed E-state index contributed by atoms with van der Waals surface area (Å²) >= 11 is 0. The lowest BCUT2D eigenvalue weighted by atomic mass is 9.90. The van der Waals surface area contributed by atoms with E-state index in [0.717, 1.165) is 0 Å². The van der Waals surface area contributed by atoms with Gasteiger partial charge >= 0.3 is 5.97 Å². The standard InChI is InChI=1S/C13H15NO4/c1-13(2)8(7-11(16)18-13)12(17)14-9-5-3-4-6-10(9)15/h3-6,8,15H,7H2,1-2H3,(H,14,17)/t8-/m0/s1. The van der Waals surface area contributed by atoms with Crippen molar-refractivity contribution in [2.45, 2.75) is 25.9 Å². The van der Waals surface area contributed by atoms with Gasteiger partial charge in [-0.3, -0.25) is 9.59 Å². The van der Waals surface area contributed by atoms with Gasteiger partial charge in [0.05, 0.1) is 18.0 Å². The smallest absolute Gasteiger partial charge is 0.307 e. The van der Waals surface area contributed by atoms with Crippen LogP contribution in [0.25, 0.3) is 0 Å². The second-order valence-electron chi connectivity index (χ2n) is 4.84. The Bertz CT molecular complexity index is 496. The third-order valence-electron chi connectivity index (χ3n) is 3.07. The normalized spacial score (nSPS) is 21.4. The first-order valence-corrected chi connectivity index (χ1v) is 5.71. The molecule has 1 saturated heterocycles. The van der Waals surface area contributed by atoms with Crippen LogP contribution in [0.1, 0.15) is 20.3 Å². The molecule has 1 aromatic rings. The highest BCUT2D eigenvalue weighted by molar-refractivity contribution is 5.97. The Morgan fingerprint density at radius 1 is 1.44 bits per heavy atom. The number of hydrogen-bond acceptors (Lipinski definition) is 4. The maximum atomic E-state index is 12.1. The number of rotatable bonds is 2. The number of carbonyl (C=O) groups excluding carboxylic acids is 2. The number of phenolic OH excluding ortho intramolecular Hbond substituents is 1. The summed E-state index contributed by atoms with van der Waals surface area (Å²) in [7, 11) is 0. The van der Waals surface area contributed by atoms with E-state index in [1.807, 2.05) is 0 Å². The monoisotopic (exact) mass is 249 g/mol. The molecule has 0 aromatic heterocycles. The van der Waals surface area contributed by atoms with Crippen molar-refractivity contribution < 1.29 is 19.4 Å². The summed E-state index contributed by atoms with van der Waals surface area (Å²) in [5.41, 5.74) is -0.483. The Hall–Kier alpha value is -2.04. The maximum Gasteiger partial charge on any atom is 0.307 e. The molecule has 1 atom stereocenters. The highest BCUT2D eigenvalue weighted by atomic mass is 16.6. The number of carbonyl (C=O) groups is 2.